The zero-order valence-corrected chi connectivity index (χ0v) is 14.9. The van der Waals surface area contributed by atoms with Crippen molar-refractivity contribution in [2.75, 3.05) is 31.2 Å². The molecule has 3 heteroatoms. The van der Waals surface area contributed by atoms with Gasteiger partial charge in [-0.3, -0.25) is 0 Å². The van der Waals surface area contributed by atoms with E-state index < -0.39 is 0 Å². The molecule has 1 fully saturated rings. The summed E-state index contributed by atoms with van der Waals surface area (Å²) in [6, 6.07) is 23.0. The SMILES string of the molecule is C=C(OCc1ccccc1)c1c(N2CCOCC2)ccc2ccccc12. The maximum atomic E-state index is 6.10. The van der Waals surface area contributed by atoms with Crippen molar-refractivity contribution >= 4 is 22.2 Å². The molecule has 0 amide bonds. The van der Waals surface area contributed by atoms with Crippen molar-refractivity contribution in [2.45, 2.75) is 6.61 Å². The first kappa shape index (κ1) is 16.7. The van der Waals surface area contributed by atoms with Crippen LogP contribution in [0.5, 0.6) is 0 Å². The van der Waals surface area contributed by atoms with Crippen LogP contribution >= 0.6 is 0 Å². The van der Waals surface area contributed by atoms with Crippen molar-refractivity contribution in [3.05, 3.63) is 84.4 Å². The van der Waals surface area contributed by atoms with Gasteiger partial charge in [-0.05, 0) is 22.4 Å². The second kappa shape index (κ2) is 7.63. The lowest BCUT2D eigenvalue weighted by molar-refractivity contribution is 0.122. The van der Waals surface area contributed by atoms with Crippen molar-refractivity contribution in [1.29, 1.82) is 0 Å². The van der Waals surface area contributed by atoms with Crippen LogP contribution in [0.25, 0.3) is 16.5 Å². The molecule has 0 saturated carbocycles. The monoisotopic (exact) mass is 345 g/mol. The van der Waals surface area contributed by atoms with E-state index >= 15 is 0 Å². The molecule has 0 N–H and O–H groups in total. The van der Waals surface area contributed by atoms with Crippen LogP contribution in [0.15, 0.2) is 73.3 Å². The molecule has 0 radical (unpaired) electrons. The maximum absolute atomic E-state index is 6.10. The number of benzene rings is 3. The Labute approximate surface area is 154 Å². The first-order valence-electron chi connectivity index (χ1n) is 9.03. The van der Waals surface area contributed by atoms with E-state index in [4.69, 9.17) is 9.47 Å². The van der Waals surface area contributed by atoms with Crippen molar-refractivity contribution in [1.82, 2.24) is 0 Å². The van der Waals surface area contributed by atoms with E-state index in [-0.39, 0.29) is 0 Å². The van der Waals surface area contributed by atoms with Gasteiger partial charge in [0.05, 0.1) is 13.2 Å². The van der Waals surface area contributed by atoms with Crippen LogP contribution in [0.2, 0.25) is 0 Å². The number of hydrogen-bond acceptors (Lipinski definition) is 3. The highest BCUT2D eigenvalue weighted by Gasteiger charge is 2.19. The lowest BCUT2D eigenvalue weighted by atomic mass is 10.00. The minimum absolute atomic E-state index is 0.519. The summed E-state index contributed by atoms with van der Waals surface area (Å²) < 4.78 is 11.6. The predicted octanol–water partition coefficient (Wildman–Crippen LogP) is 4.86. The fourth-order valence-electron chi connectivity index (χ4n) is 3.44. The van der Waals surface area contributed by atoms with Gasteiger partial charge >= 0.3 is 0 Å². The van der Waals surface area contributed by atoms with E-state index in [1.807, 2.05) is 18.2 Å². The normalized spacial score (nSPS) is 14.4. The Kier molecular flexibility index (Phi) is 4.89. The van der Waals surface area contributed by atoms with Gasteiger partial charge in [0.15, 0.2) is 0 Å². The third kappa shape index (κ3) is 3.44. The van der Waals surface area contributed by atoms with Crippen LogP contribution in [0, 0.1) is 0 Å². The predicted molar refractivity (Wildman–Crippen MR) is 107 cm³/mol. The molecule has 0 bridgehead atoms. The van der Waals surface area contributed by atoms with Gasteiger partial charge in [0.1, 0.15) is 12.4 Å². The number of ether oxygens (including phenoxy) is 2. The lowest BCUT2D eigenvalue weighted by Gasteiger charge is -2.31. The Balaban J connectivity index is 1.69. The second-order valence-electron chi connectivity index (χ2n) is 6.48. The quantitative estimate of drug-likeness (QED) is 0.616. The lowest BCUT2D eigenvalue weighted by Crippen LogP contribution is -2.36. The Morgan fingerprint density at radius 2 is 1.65 bits per heavy atom. The Bertz CT molecular complexity index is 898. The first-order valence-corrected chi connectivity index (χ1v) is 9.03. The molecule has 132 valence electrons. The molecule has 0 aliphatic carbocycles. The minimum atomic E-state index is 0.519. The third-order valence-corrected chi connectivity index (χ3v) is 4.79. The summed E-state index contributed by atoms with van der Waals surface area (Å²) in [6.45, 7) is 8.06. The van der Waals surface area contributed by atoms with Gasteiger partial charge < -0.3 is 14.4 Å². The van der Waals surface area contributed by atoms with Crippen molar-refractivity contribution in [3.8, 4) is 0 Å². The molecule has 0 atom stereocenters. The van der Waals surface area contributed by atoms with Crippen LogP contribution in [0.1, 0.15) is 11.1 Å². The molecule has 3 aromatic rings. The molecule has 1 saturated heterocycles. The van der Waals surface area contributed by atoms with E-state index in [9.17, 15) is 0 Å². The van der Waals surface area contributed by atoms with Crippen LogP contribution in [0.3, 0.4) is 0 Å². The maximum Gasteiger partial charge on any atom is 0.122 e. The zero-order chi connectivity index (χ0) is 17.8. The van der Waals surface area contributed by atoms with E-state index in [0.29, 0.717) is 12.4 Å². The van der Waals surface area contributed by atoms with E-state index in [1.54, 1.807) is 0 Å². The average Bonchev–Trinajstić information content (AvgIpc) is 2.72. The van der Waals surface area contributed by atoms with Gasteiger partial charge in [0.25, 0.3) is 0 Å². The summed E-state index contributed by atoms with van der Waals surface area (Å²) in [4.78, 5) is 2.36. The van der Waals surface area contributed by atoms with Crippen LogP contribution < -0.4 is 4.90 Å². The number of anilines is 1. The van der Waals surface area contributed by atoms with E-state index in [0.717, 1.165) is 37.4 Å². The highest BCUT2D eigenvalue weighted by Crippen LogP contribution is 2.35. The van der Waals surface area contributed by atoms with E-state index in [2.05, 4.69) is 60.0 Å². The number of rotatable bonds is 5. The van der Waals surface area contributed by atoms with Crippen LogP contribution in [-0.2, 0) is 16.1 Å². The standard InChI is InChI=1S/C23H23NO2/c1-18(26-17-19-7-3-2-4-8-19)23-21-10-6-5-9-20(21)11-12-22(23)24-13-15-25-16-14-24/h2-12H,1,13-17H2. The van der Waals surface area contributed by atoms with Gasteiger partial charge in [-0.2, -0.15) is 0 Å². The van der Waals surface area contributed by atoms with Gasteiger partial charge in [-0.1, -0.05) is 67.2 Å². The Morgan fingerprint density at radius 3 is 2.46 bits per heavy atom. The molecule has 1 aliphatic rings. The smallest absolute Gasteiger partial charge is 0.122 e. The summed E-state index contributed by atoms with van der Waals surface area (Å²) in [5, 5.41) is 2.37. The second-order valence-corrected chi connectivity index (χ2v) is 6.48. The molecule has 4 rings (SSSR count). The largest absolute Gasteiger partial charge is 0.489 e. The number of hydrogen-bond donors (Lipinski definition) is 0. The fraction of sp³-hybridized carbons (Fsp3) is 0.217. The van der Waals surface area contributed by atoms with Gasteiger partial charge in [0.2, 0.25) is 0 Å². The molecule has 3 nitrogen and oxygen atoms in total. The Hall–Kier alpha value is -2.78. The summed E-state index contributed by atoms with van der Waals surface area (Å²) in [5.41, 5.74) is 3.40. The molecule has 1 heterocycles. The molecular weight excluding hydrogens is 322 g/mol. The van der Waals surface area contributed by atoms with Crippen molar-refractivity contribution < 1.29 is 9.47 Å². The zero-order valence-electron chi connectivity index (χ0n) is 14.9. The summed E-state index contributed by atoms with van der Waals surface area (Å²) in [5.74, 6) is 0.715. The topological polar surface area (TPSA) is 21.7 Å². The molecule has 0 unspecified atom stereocenters. The number of nitrogens with zero attached hydrogens (tertiary/aromatic N) is 1. The molecule has 0 aromatic heterocycles. The third-order valence-electron chi connectivity index (χ3n) is 4.79. The molecule has 0 spiro atoms. The highest BCUT2D eigenvalue weighted by molar-refractivity contribution is 5.97. The van der Waals surface area contributed by atoms with Gasteiger partial charge in [-0.15, -0.1) is 0 Å². The highest BCUT2D eigenvalue weighted by atomic mass is 16.5. The van der Waals surface area contributed by atoms with Crippen LogP contribution in [-0.4, -0.2) is 26.3 Å². The Morgan fingerprint density at radius 1 is 0.923 bits per heavy atom. The van der Waals surface area contributed by atoms with Crippen LogP contribution in [0.4, 0.5) is 5.69 Å². The van der Waals surface area contributed by atoms with Gasteiger partial charge in [0, 0.05) is 24.3 Å². The van der Waals surface area contributed by atoms with E-state index in [1.165, 1.54) is 16.5 Å². The minimum Gasteiger partial charge on any atom is -0.489 e. The van der Waals surface area contributed by atoms with Crippen molar-refractivity contribution in [3.63, 3.8) is 0 Å². The van der Waals surface area contributed by atoms with Gasteiger partial charge in [-0.25, -0.2) is 0 Å². The van der Waals surface area contributed by atoms with Crippen molar-refractivity contribution in [2.24, 2.45) is 0 Å². The molecule has 3 aromatic carbocycles. The average molecular weight is 345 g/mol. The molecule has 1 aliphatic heterocycles. The first-order chi connectivity index (χ1) is 12.8. The number of morpholine rings is 1. The summed E-state index contributed by atoms with van der Waals surface area (Å²) in [6.07, 6.45) is 0. The molecule has 26 heavy (non-hydrogen) atoms. The summed E-state index contributed by atoms with van der Waals surface area (Å²) in [7, 11) is 0. The molecular formula is C23H23NO2. The number of fused-ring (bicyclic) bond motifs is 1. The summed E-state index contributed by atoms with van der Waals surface area (Å²) >= 11 is 0. The fourth-order valence-corrected chi connectivity index (χ4v) is 3.44.